The Morgan fingerprint density at radius 2 is 2.30 bits per heavy atom. The summed E-state index contributed by atoms with van der Waals surface area (Å²) in [5.41, 5.74) is 2.20. The van der Waals surface area contributed by atoms with Crippen molar-refractivity contribution in [3.05, 3.63) is 23.9 Å². The summed E-state index contributed by atoms with van der Waals surface area (Å²) in [6.07, 6.45) is 2.96. The molecule has 56 valence electrons. The first-order valence-electron chi connectivity index (χ1n) is 3.06. The molecule has 0 rings (SSSR count). The molecule has 0 fully saturated rings. The van der Waals surface area contributed by atoms with Crippen LogP contribution >= 0.6 is 22.6 Å². The molecule has 0 aromatic heterocycles. The minimum absolute atomic E-state index is 0.832. The van der Waals surface area contributed by atoms with E-state index < -0.39 is 0 Å². The molecule has 2 heteroatoms. The van der Waals surface area contributed by atoms with Gasteiger partial charge >= 0.3 is 0 Å². The SMILES string of the molecule is C=NC(=C)C/C=C(\C)CI. The second-order valence-corrected chi connectivity index (χ2v) is 2.88. The number of nitrogens with zero attached hydrogens (tertiary/aromatic N) is 1. The van der Waals surface area contributed by atoms with E-state index >= 15 is 0 Å². The van der Waals surface area contributed by atoms with Gasteiger partial charge in [-0.25, -0.2) is 0 Å². The van der Waals surface area contributed by atoms with Crippen molar-refractivity contribution in [2.75, 3.05) is 4.43 Å². The molecule has 0 aromatic carbocycles. The molecule has 0 heterocycles. The predicted molar refractivity (Wildman–Crippen MR) is 56.0 cm³/mol. The van der Waals surface area contributed by atoms with Crippen LogP contribution in [0, 0.1) is 0 Å². The van der Waals surface area contributed by atoms with Crippen LogP contribution in [0.15, 0.2) is 28.9 Å². The van der Waals surface area contributed by atoms with Gasteiger partial charge in [0.15, 0.2) is 0 Å². The molecular formula is C8H12IN. The first kappa shape index (κ1) is 9.88. The van der Waals surface area contributed by atoms with Crippen molar-refractivity contribution >= 4 is 29.3 Å². The Morgan fingerprint density at radius 1 is 1.70 bits per heavy atom. The number of rotatable bonds is 4. The lowest BCUT2D eigenvalue weighted by atomic mass is 10.2. The number of alkyl halides is 1. The van der Waals surface area contributed by atoms with Gasteiger partial charge in [0.2, 0.25) is 0 Å². The summed E-state index contributed by atoms with van der Waals surface area (Å²) in [6.45, 7) is 9.19. The minimum atomic E-state index is 0.832. The fourth-order valence-corrected chi connectivity index (χ4v) is 0.723. The zero-order valence-corrected chi connectivity index (χ0v) is 8.39. The third-order valence-electron chi connectivity index (χ3n) is 1.12. The van der Waals surface area contributed by atoms with E-state index in [9.17, 15) is 0 Å². The van der Waals surface area contributed by atoms with Gasteiger partial charge in [-0.15, -0.1) is 0 Å². The standard InChI is InChI=1S/C8H12IN/c1-7(6-9)4-5-8(2)10-3/h4H,2-3,5-6H2,1H3/b7-4+. The average molecular weight is 249 g/mol. The van der Waals surface area contributed by atoms with E-state index in [2.05, 4.69) is 53.9 Å². The lowest BCUT2D eigenvalue weighted by Crippen LogP contribution is -1.77. The molecule has 0 saturated heterocycles. The molecule has 0 N–H and O–H groups in total. The van der Waals surface area contributed by atoms with Gasteiger partial charge < -0.3 is 0 Å². The first-order chi connectivity index (χ1) is 4.70. The molecular weight excluding hydrogens is 237 g/mol. The molecule has 0 aliphatic heterocycles. The van der Waals surface area contributed by atoms with Crippen molar-refractivity contribution in [2.45, 2.75) is 13.3 Å². The number of allylic oxidation sites excluding steroid dienone is 2. The molecule has 0 amide bonds. The van der Waals surface area contributed by atoms with Crippen LogP contribution in [0.2, 0.25) is 0 Å². The van der Waals surface area contributed by atoms with Crippen LogP contribution < -0.4 is 0 Å². The third kappa shape index (κ3) is 4.73. The van der Waals surface area contributed by atoms with E-state index in [1.54, 1.807) is 0 Å². The van der Waals surface area contributed by atoms with E-state index in [1.807, 2.05) is 0 Å². The predicted octanol–water partition coefficient (Wildman–Crippen LogP) is 2.97. The van der Waals surface area contributed by atoms with E-state index in [0.29, 0.717) is 0 Å². The van der Waals surface area contributed by atoms with Crippen molar-refractivity contribution in [3.8, 4) is 0 Å². The highest BCUT2D eigenvalue weighted by Gasteiger charge is 1.86. The molecule has 10 heavy (non-hydrogen) atoms. The molecule has 0 saturated carbocycles. The van der Waals surface area contributed by atoms with Gasteiger partial charge in [-0.3, -0.25) is 4.99 Å². The van der Waals surface area contributed by atoms with E-state index in [1.165, 1.54) is 5.57 Å². The van der Waals surface area contributed by atoms with Crippen LogP contribution in [0.4, 0.5) is 0 Å². The second kappa shape index (κ2) is 5.65. The topological polar surface area (TPSA) is 12.4 Å². The zero-order chi connectivity index (χ0) is 7.98. The molecule has 0 atom stereocenters. The highest BCUT2D eigenvalue weighted by atomic mass is 127. The van der Waals surface area contributed by atoms with Gasteiger partial charge in [0.1, 0.15) is 0 Å². The van der Waals surface area contributed by atoms with Crippen LogP contribution in [-0.2, 0) is 0 Å². The lowest BCUT2D eigenvalue weighted by Gasteiger charge is -1.93. The van der Waals surface area contributed by atoms with Crippen LogP contribution in [0.1, 0.15) is 13.3 Å². The number of hydrogen-bond donors (Lipinski definition) is 0. The quantitative estimate of drug-likeness (QED) is 0.314. The van der Waals surface area contributed by atoms with Gasteiger partial charge in [-0.05, 0) is 13.6 Å². The van der Waals surface area contributed by atoms with Crippen molar-refractivity contribution in [1.82, 2.24) is 0 Å². The summed E-state index contributed by atoms with van der Waals surface area (Å²) in [4.78, 5) is 3.70. The Kier molecular flexibility index (Phi) is 5.58. The Morgan fingerprint density at radius 3 is 2.70 bits per heavy atom. The largest absolute Gasteiger partial charge is 0.269 e. The molecule has 1 nitrogen and oxygen atoms in total. The monoisotopic (exact) mass is 249 g/mol. The average Bonchev–Trinajstić information content (AvgIpc) is 1.99. The van der Waals surface area contributed by atoms with E-state index in [-0.39, 0.29) is 0 Å². The maximum atomic E-state index is 3.70. The molecule has 0 aliphatic rings. The third-order valence-corrected chi connectivity index (χ3v) is 2.32. The summed E-state index contributed by atoms with van der Waals surface area (Å²) >= 11 is 2.33. The van der Waals surface area contributed by atoms with Gasteiger partial charge in [0, 0.05) is 16.5 Å². The molecule has 0 aliphatic carbocycles. The van der Waals surface area contributed by atoms with Crippen molar-refractivity contribution in [2.24, 2.45) is 4.99 Å². The highest BCUT2D eigenvalue weighted by Crippen LogP contribution is 2.05. The first-order valence-corrected chi connectivity index (χ1v) is 4.59. The van der Waals surface area contributed by atoms with E-state index in [4.69, 9.17) is 0 Å². The number of aliphatic imine (C=N–C) groups is 1. The van der Waals surface area contributed by atoms with Gasteiger partial charge in [-0.1, -0.05) is 40.8 Å². The maximum absolute atomic E-state index is 3.70. The van der Waals surface area contributed by atoms with Crippen LogP contribution in [-0.4, -0.2) is 11.1 Å². The summed E-state index contributed by atoms with van der Waals surface area (Å²) in [5, 5.41) is 0. The van der Waals surface area contributed by atoms with Crippen LogP contribution in [0.25, 0.3) is 0 Å². The van der Waals surface area contributed by atoms with Crippen molar-refractivity contribution in [3.63, 3.8) is 0 Å². The molecule has 0 radical (unpaired) electrons. The minimum Gasteiger partial charge on any atom is -0.269 e. The van der Waals surface area contributed by atoms with Gasteiger partial charge in [0.25, 0.3) is 0 Å². The van der Waals surface area contributed by atoms with Crippen molar-refractivity contribution in [1.29, 1.82) is 0 Å². The maximum Gasteiger partial charge on any atom is 0.0362 e. The second-order valence-electron chi connectivity index (χ2n) is 2.11. The zero-order valence-electron chi connectivity index (χ0n) is 6.23. The Labute approximate surface area is 76.1 Å². The summed E-state index contributed by atoms with van der Waals surface area (Å²) in [7, 11) is 0. The van der Waals surface area contributed by atoms with E-state index in [0.717, 1.165) is 16.5 Å². The normalized spacial score (nSPS) is 11.2. The summed E-state index contributed by atoms with van der Waals surface area (Å²) in [5.74, 6) is 0. The highest BCUT2D eigenvalue weighted by molar-refractivity contribution is 14.1. The number of halogens is 1. The van der Waals surface area contributed by atoms with Crippen LogP contribution in [0.5, 0.6) is 0 Å². The number of hydrogen-bond acceptors (Lipinski definition) is 1. The smallest absolute Gasteiger partial charge is 0.0362 e. The van der Waals surface area contributed by atoms with Gasteiger partial charge in [0.05, 0.1) is 0 Å². The molecule has 0 bridgehead atoms. The summed E-state index contributed by atoms with van der Waals surface area (Å²) < 4.78 is 1.07. The Bertz CT molecular complexity index is 159. The fraction of sp³-hybridized carbons (Fsp3) is 0.375. The van der Waals surface area contributed by atoms with Gasteiger partial charge in [-0.2, -0.15) is 0 Å². The summed E-state index contributed by atoms with van der Waals surface area (Å²) in [6, 6.07) is 0. The van der Waals surface area contributed by atoms with Crippen molar-refractivity contribution < 1.29 is 0 Å². The fourth-order valence-electron chi connectivity index (χ4n) is 0.411. The Hall–Kier alpha value is -0.120. The Balaban J connectivity index is 3.71. The molecule has 0 unspecified atom stereocenters. The lowest BCUT2D eigenvalue weighted by molar-refractivity contribution is 1.16. The molecule has 0 spiro atoms. The molecule has 0 aromatic rings. The van der Waals surface area contributed by atoms with Crippen LogP contribution in [0.3, 0.4) is 0 Å².